The molecule has 2 aromatic rings. The van der Waals surface area contributed by atoms with Gasteiger partial charge < -0.3 is 19.1 Å². The Kier molecular flexibility index (Phi) is 7.87. The molecule has 0 N–H and O–H groups in total. The van der Waals surface area contributed by atoms with Crippen molar-refractivity contribution in [2.45, 2.75) is 6.42 Å². The van der Waals surface area contributed by atoms with Gasteiger partial charge in [0.1, 0.15) is 0 Å². The fourth-order valence-electron chi connectivity index (χ4n) is 2.17. The molecule has 0 aliphatic carbocycles. The Labute approximate surface area is 162 Å². The Hall–Kier alpha value is -2.12. The van der Waals surface area contributed by atoms with Crippen LogP contribution in [0.5, 0.6) is 11.5 Å². The van der Waals surface area contributed by atoms with Crippen molar-refractivity contribution in [2.24, 2.45) is 0 Å². The van der Waals surface area contributed by atoms with Gasteiger partial charge >= 0.3 is 0 Å². The number of aromatic nitrogens is 2. The van der Waals surface area contributed by atoms with E-state index in [1.165, 1.54) is 0 Å². The summed E-state index contributed by atoms with van der Waals surface area (Å²) >= 11 is 3.49. The molecule has 26 heavy (non-hydrogen) atoms. The fourth-order valence-corrected chi connectivity index (χ4v) is 2.50. The lowest BCUT2D eigenvalue weighted by atomic mass is 10.1. The van der Waals surface area contributed by atoms with E-state index in [9.17, 15) is 0 Å². The van der Waals surface area contributed by atoms with Gasteiger partial charge in [0, 0.05) is 40.4 Å². The van der Waals surface area contributed by atoms with E-state index in [0.717, 1.165) is 22.2 Å². The van der Waals surface area contributed by atoms with Crippen molar-refractivity contribution in [2.75, 3.05) is 46.4 Å². The molecule has 0 radical (unpaired) electrons. The normalized spacial score (nSPS) is 11.0. The molecule has 0 saturated carbocycles. The first-order valence-corrected chi connectivity index (χ1v) is 9.02. The summed E-state index contributed by atoms with van der Waals surface area (Å²) in [5, 5.41) is 0. The average molecular weight is 422 g/mol. The van der Waals surface area contributed by atoms with Crippen LogP contribution >= 0.6 is 15.9 Å². The van der Waals surface area contributed by atoms with Gasteiger partial charge in [0.15, 0.2) is 11.5 Å². The van der Waals surface area contributed by atoms with Crippen molar-refractivity contribution in [1.29, 1.82) is 0 Å². The van der Waals surface area contributed by atoms with Gasteiger partial charge in [-0.15, -0.1) is 0 Å². The van der Waals surface area contributed by atoms with Crippen molar-refractivity contribution in [3.8, 4) is 11.5 Å². The SMILES string of the molecule is COCCCOc1cc(/C=C/c2nc(N(C)C)ncc2Br)ccc1OC. The van der Waals surface area contributed by atoms with Crippen molar-refractivity contribution in [3.63, 3.8) is 0 Å². The minimum Gasteiger partial charge on any atom is -0.493 e. The predicted molar refractivity (Wildman–Crippen MR) is 108 cm³/mol. The van der Waals surface area contributed by atoms with Gasteiger partial charge in [0.05, 0.1) is 23.9 Å². The largest absolute Gasteiger partial charge is 0.493 e. The Morgan fingerprint density at radius 3 is 2.62 bits per heavy atom. The van der Waals surface area contributed by atoms with E-state index in [4.69, 9.17) is 14.2 Å². The molecule has 2 rings (SSSR count). The van der Waals surface area contributed by atoms with Crippen LogP contribution in [0.2, 0.25) is 0 Å². The van der Waals surface area contributed by atoms with Crippen LogP contribution < -0.4 is 14.4 Å². The third-order valence-corrected chi connectivity index (χ3v) is 4.14. The van der Waals surface area contributed by atoms with Crippen LogP contribution in [-0.2, 0) is 4.74 Å². The number of rotatable bonds is 9. The van der Waals surface area contributed by atoms with Gasteiger partial charge in [0.25, 0.3) is 0 Å². The number of hydrogen-bond acceptors (Lipinski definition) is 6. The van der Waals surface area contributed by atoms with Crippen LogP contribution in [-0.4, -0.2) is 51.5 Å². The zero-order chi connectivity index (χ0) is 18.9. The van der Waals surface area contributed by atoms with Crippen molar-refractivity contribution >= 4 is 34.0 Å². The van der Waals surface area contributed by atoms with Crippen molar-refractivity contribution in [3.05, 3.63) is 40.1 Å². The van der Waals surface area contributed by atoms with Gasteiger partial charge in [-0.05, 0) is 39.7 Å². The number of halogens is 1. The maximum atomic E-state index is 5.82. The number of ether oxygens (including phenoxy) is 3. The van der Waals surface area contributed by atoms with Crippen molar-refractivity contribution in [1.82, 2.24) is 9.97 Å². The maximum Gasteiger partial charge on any atom is 0.225 e. The molecule has 0 bridgehead atoms. The van der Waals surface area contributed by atoms with E-state index in [0.29, 0.717) is 30.7 Å². The van der Waals surface area contributed by atoms with Crippen LogP contribution in [0.4, 0.5) is 5.95 Å². The molecule has 0 aliphatic heterocycles. The summed E-state index contributed by atoms with van der Waals surface area (Å²) < 4.78 is 17.1. The van der Waals surface area contributed by atoms with Crippen LogP contribution in [0.15, 0.2) is 28.9 Å². The zero-order valence-corrected chi connectivity index (χ0v) is 17.1. The lowest BCUT2D eigenvalue weighted by molar-refractivity contribution is 0.170. The van der Waals surface area contributed by atoms with Crippen LogP contribution in [0.25, 0.3) is 12.2 Å². The second-order valence-electron chi connectivity index (χ2n) is 5.74. The third-order valence-electron chi connectivity index (χ3n) is 3.53. The lowest BCUT2D eigenvalue weighted by Crippen LogP contribution is -2.13. The summed E-state index contributed by atoms with van der Waals surface area (Å²) in [5.74, 6) is 2.07. The van der Waals surface area contributed by atoms with E-state index < -0.39 is 0 Å². The molecule has 1 aromatic carbocycles. The Bertz CT molecular complexity index is 751. The summed E-state index contributed by atoms with van der Waals surface area (Å²) in [4.78, 5) is 10.7. The molecule has 0 amide bonds. The van der Waals surface area contributed by atoms with Gasteiger partial charge in [-0.2, -0.15) is 0 Å². The average Bonchev–Trinajstić information content (AvgIpc) is 2.64. The van der Waals surface area contributed by atoms with Crippen LogP contribution in [0.1, 0.15) is 17.7 Å². The van der Waals surface area contributed by atoms with Gasteiger partial charge in [-0.3, -0.25) is 0 Å². The lowest BCUT2D eigenvalue weighted by Gasteiger charge is -2.12. The fraction of sp³-hybridized carbons (Fsp3) is 0.368. The zero-order valence-electron chi connectivity index (χ0n) is 15.5. The third kappa shape index (κ3) is 5.71. The molecule has 0 atom stereocenters. The summed E-state index contributed by atoms with van der Waals surface area (Å²) in [6.07, 6.45) is 6.49. The molecule has 6 nitrogen and oxygen atoms in total. The molecule has 0 fully saturated rings. The quantitative estimate of drug-likeness (QED) is 0.572. The highest BCUT2D eigenvalue weighted by molar-refractivity contribution is 9.10. The number of benzene rings is 1. The highest BCUT2D eigenvalue weighted by Gasteiger charge is 2.06. The molecule has 0 unspecified atom stereocenters. The van der Waals surface area contributed by atoms with Crippen LogP contribution in [0, 0.1) is 0 Å². The first-order chi connectivity index (χ1) is 12.5. The Balaban J connectivity index is 2.18. The number of nitrogens with zero attached hydrogens (tertiary/aromatic N) is 3. The minimum absolute atomic E-state index is 0.570. The number of anilines is 1. The van der Waals surface area contributed by atoms with Crippen LogP contribution in [0.3, 0.4) is 0 Å². The first kappa shape index (κ1) is 20.2. The topological polar surface area (TPSA) is 56.7 Å². The second kappa shape index (κ2) is 10.1. The molecular weight excluding hydrogens is 398 g/mol. The first-order valence-electron chi connectivity index (χ1n) is 8.23. The summed E-state index contributed by atoms with van der Waals surface area (Å²) in [6.45, 7) is 1.23. The highest BCUT2D eigenvalue weighted by Crippen LogP contribution is 2.29. The summed E-state index contributed by atoms with van der Waals surface area (Å²) in [5.41, 5.74) is 1.80. The standard InChI is InChI=1S/C19H24BrN3O3/c1-23(2)19-21-13-15(20)16(22-19)8-6-14-7-9-17(25-4)18(12-14)26-11-5-10-24-3/h6-9,12-13H,5,10-11H2,1-4H3/b8-6+. The second-order valence-corrected chi connectivity index (χ2v) is 6.59. The van der Waals surface area contributed by atoms with E-state index in [1.54, 1.807) is 20.4 Å². The maximum absolute atomic E-state index is 5.82. The molecule has 140 valence electrons. The number of methoxy groups -OCH3 is 2. The van der Waals surface area contributed by atoms with E-state index in [1.807, 2.05) is 49.3 Å². The van der Waals surface area contributed by atoms with E-state index >= 15 is 0 Å². The minimum atomic E-state index is 0.570. The van der Waals surface area contributed by atoms with Gasteiger partial charge in [-0.25, -0.2) is 9.97 Å². The Morgan fingerprint density at radius 1 is 1.12 bits per heavy atom. The molecule has 0 saturated heterocycles. The monoisotopic (exact) mass is 421 g/mol. The van der Waals surface area contributed by atoms with Gasteiger partial charge in [-0.1, -0.05) is 12.1 Å². The Morgan fingerprint density at radius 2 is 1.92 bits per heavy atom. The molecule has 7 heteroatoms. The molecule has 0 spiro atoms. The van der Waals surface area contributed by atoms with E-state index in [-0.39, 0.29) is 0 Å². The number of hydrogen-bond donors (Lipinski definition) is 0. The molecular formula is C19H24BrN3O3. The van der Waals surface area contributed by atoms with Gasteiger partial charge in [0.2, 0.25) is 5.95 Å². The summed E-state index contributed by atoms with van der Waals surface area (Å²) in [7, 11) is 7.13. The molecule has 0 aliphatic rings. The summed E-state index contributed by atoms with van der Waals surface area (Å²) in [6, 6.07) is 5.81. The van der Waals surface area contributed by atoms with Crippen molar-refractivity contribution < 1.29 is 14.2 Å². The molecule has 1 heterocycles. The van der Waals surface area contributed by atoms with E-state index in [2.05, 4.69) is 25.9 Å². The predicted octanol–water partition coefficient (Wildman–Crippen LogP) is 3.90. The molecule has 1 aromatic heterocycles. The highest BCUT2D eigenvalue weighted by atomic mass is 79.9. The smallest absolute Gasteiger partial charge is 0.225 e.